The molecule has 1 aromatic carbocycles. The summed E-state index contributed by atoms with van der Waals surface area (Å²) in [6, 6.07) is 7.67. The molecule has 0 saturated carbocycles. The zero-order valence-corrected chi connectivity index (χ0v) is 10.8. The summed E-state index contributed by atoms with van der Waals surface area (Å²) >= 11 is 0. The highest BCUT2D eigenvalue weighted by atomic mass is 16.4. The van der Waals surface area contributed by atoms with Crippen molar-refractivity contribution in [1.29, 1.82) is 0 Å². The van der Waals surface area contributed by atoms with Crippen LogP contribution in [0.25, 0.3) is 0 Å². The molecule has 0 radical (unpaired) electrons. The van der Waals surface area contributed by atoms with E-state index in [0.717, 1.165) is 31.9 Å². The maximum Gasteiger partial charge on any atom is 0.411 e. The van der Waals surface area contributed by atoms with Crippen molar-refractivity contribution in [2.75, 3.05) is 50.1 Å². The van der Waals surface area contributed by atoms with Gasteiger partial charge in [0, 0.05) is 44.6 Å². The minimum Gasteiger partial charge on any atom is -0.465 e. The maximum absolute atomic E-state index is 10.8. The fourth-order valence-electron chi connectivity index (χ4n) is 2.06. The van der Waals surface area contributed by atoms with Crippen molar-refractivity contribution >= 4 is 17.5 Å². The Hall–Kier alpha value is -1.75. The summed E-state index contributed by atoms with van der Waals surface area (Å²) in [5, 5.41) is 8.89. The zero-order valence-electron chi connectivity index (χ0n) is 10.8. The molecule has 5 nitrogen and oxygen atoms in total. The van der Waals surface area contributed by atoms with Crippen molar-refractivity contribution in [3.63, 3.8) is 0 Å². The monoisotopic (exact) mass is 249 g/mol. The molecule has 0 unspecified atom stereocenters. The Balaban J connectivity index is 2.06. The summed E-state index contributed by atoms with van der Waals surface area (Å²) in [4.78, 5) is 16.7. The van der Waals surface area contributed by atoms with Gasteiger partial charge in [0.25, 0.3) is 0 Å². The Labute approximate surface area is 107 Å². The van der Waals surface area contributed by atoms with Crippen LogP contribution in [0.15, 0.2) is 24.3 Å². The number of rotatable bonds is 2. The molecule has 0 aliphatic carbocycles. The van der Waals surface area contributed by atoms with E-state index in [1.54, 1.807) is 7.05 Å². The second-order valence-electron chi connectivity index (χ2n) is 4.65. The number of hydrogen-bond acceptors (Lipinski definition) is 3. The number of amides is 1. The lowest BCUT2D eigenvalue weighted by molar-refractivity contribution is 0.203. The zero-order chi connectivity index (χ0) is 13.1. The minimum atomic E-state index is -0.942. The Morgan fingerprint density at radius 3 is 2.22 bits per heavy atom. The molecule has 1 fully saturated rings. The van der Waals surface area contributed by atoms with Gasteiger partial charge in [-0.05, 0) is 31.3 Å². The van der Waals surface area contributed by atoms with Gasteiger partial charge in [-0.1, -0.05) is 0 Å². The normalized spacial score (nSPS) is 16.7. The van der Waals surface area contributed by atoms with Crippen molar-refractivity contribution in [3.8, 4) is 0 Å². The third-order valence-electron chi connectivity index (χ3n) is 3.39. The van der Waals surface area contributed by atoms with Crippen LogP contribution in [0.4, 0.5) is 16.2 Å². The molecular weight excluding hydrogens is 230 g/mol. The third-order valence-corrected chi connectivity index (χ3v) is 3.39. The number of benzene rings is 1. The quantitative estimate of drug-likeness (QED) is 0.864. The molecule has 2 rings (SSSR count). The van der Waals surface area contributed by atoms with Crippen LogP contribution in [0.2, 0.25) is 0 Å². The smallest absolute Gasteiger partial charge is 0.411 e. The predicted octanol–water partition coefficient (Wildman–Crippen LogP) is 1.55. The van der Waals surface area contributed by atoms with Gasteiger partial charge in [0.15, 0.2) is 0 Å². The van der Waals surface area contributed by atoms with Crippen molar-refractivity contribution in [2.45, 2.75) is 0 Å². The molecule has 0 aromatic heterocycles. The van der Waals surface area contributed by atoms with Gasteiger partial charge in [-0.2, -0.15) is 0 Å². The van der Waals surface area contributed by atoms with Gasteiger partial charge >= 0.3 is 6.09 Å². The number of piperazine rings is 1. The number of carbonyl (C=O) groups is 1. The molecule has 1 amide bonds. The van der Waals surface area contributed by atoms with E-state index in [9.17, 15) is 4.79 Å². The van der Waals surface area contributed by atoms with E-state index in [-0.39, 0.29) is 0 Å². The second-order valence-corrected chi connectivity index (χ2v) is 4.65. The Kier molecular flexibility index (Phi) is 3.72. The molecule has 1 N–H and O–H groups in total. The standard InChI is InChI=1S/C13H19N3O2/c1-14-7-9-16(10-8-14)12-5-3-11(4-6-12)15(2)13(17)18/h3-6H,7-10H2,1-2H3,(H,17,18). The van der Waals surface area contributed by atoms with E-state index in [1.807, 2.05) is 24.3 Å². The van der Waals surface area contributed by atoms with Crippen LogP contribution >= 0.6 is 0 Å². The van der Waals surface area contributed by atoms with Crippen LogP contribution in [-0.4, -0.2) is 56.4 Å². The predicted molar refractivity (Wildman–Crippen MR) is 72.6 cm³/mol. The first kappa shape index (κ1) is 12.7. The minimum absolute atomic E-state index is 0.695. The summed E-state index contributed by atoms with van der Waals surface area (Å²) < 4.78 is 0. The summed E-state index contributed by atoms with van der Waals surface area (Å²) in [6.45, 7) is 4.17. The first-order valence-corrected chi connectivity index (χ1v) is 6.08. The molecule has 0 spiro atoms. The van der Waals surface area contributed by atoms with Crippen molar-refractivity contribution in [3.05, 3.63) is 24.3 Å². The van der Waals surface area contributed by atoms with E-state index in [1.165, 1.54) is 4.90 Å². The summed E-state index contributed by atoms with van der Waals surface area (Å²) in [5.74, 6) is 0. The van der Waals surface area contributed by atoms with E-state index >= 15 is 0 Å². The first-order chi connectivity index (χ1) is 8.58. The van der Waals surface area contributed by atoms with E-state index in [0.29, 0.717) is 5.69 Å². The fourth-order valence-corrected chi connectivity index (χ4v) is 2.06. The molecule has 1 aliphatic heterocycles. The number of anilines is 2. The van der Waals surface area contributed by atoms with Crippen LogP contribution in [0.1, 0.15) is 0 Å². The van der Waals surface area contributed by atoms with E-state index in [2.05, 4.69) is 16.8 Å². The third kappa shape index (κ3) is 2.73. The highest BCUT2D eigenvalue weighted by molar-refractivity contribution is 5.85. The van der Waals surface area contributed by atoms with Crippen molar-refractivity contribution in [1.82, 2.24) is 4.90 Å². The summed E-state index contributed by atoms with van der Waals surface area (Å²) in [6.07, 6.45) is -0.942. The topological polar surface area (TPSA) is 47.0 Å². The Morgan fingerprint density at radius 2 is 1.72 bits per heavy atom. The van der Waals surface area contributed by atoms with Gasteiger partial charge in [-0.25, -0.2) is 4.79 Å². The lowest BCUT2D eigenvalue weighted by Gasteiger charge is -2.34. The van der Waals surface area contributed by atoms with Gasteiger partial charge in [-0.3, -0.25) is 4.90 Å². The molecule has 1 heterocycles. The summed E-state index contributed by atoms with van der Waals surface area (Å²) in [5.41, 5.74) is 1.85. The molecule has 98 valence electrons. The maximum atomic E-state index is 10.8. The lowest BCUT2D eigenvalue weighted by Crippen LogP contribution is -2.44. The van der Waals surface area contributed by atoms with E-state index in [4.69, 9.17) is 5.11 Å². The largest absolute Gasteiger partial charge is 0.465 e. The van der Waals surface area contributed by atoms with Gasteiger partial charge in [0.05, 0.1) is 0 Å². The average Bonchev–Trinajstić information content (AvgIpc) is 2.39. The van der Waals surface area contributed by atoms with Crippen molar-refractivity contribution in [2.24, 2.45) is 0 Å². The SMILES string of the molecule is CN1CCN(c2ccc(N(C)C(=O)O)cc2)CC1. The molecule has 5 heteroatoms. The number of carboxylic acid groups (broad SMARTS) is 1. The van der Waals surface area contributed by atoms with Crippen LogP contribution in [0, 0.1) is 0 Å². The van der Waals surface area contributed by atoms with Crippen LogP contribution in [0.5, 0.6) is 0 Å². The first-order valence-electron chi connectivity index (χ1n) is 6.08. The number of hydrogen-bond donors (Lipinski definition) is 1. The molecule has 0 bridgehead atoms. The number of likely N-dealkylation sites (N-methyl/N-ethyl adjacent to an activating group) is 1. The molecule has 18 heavy (non-hydrogen) atoms. The molecule has 1 aliphatic rings. The number of nitrogens with zero attached hydrogens (tertiary/aromatic N) is 3. The van der Waals surface area contributed by atoms with E-state index < -0.39 is 6.09 Å². The van der Waals surface area contributed by atoms with Gasteiger partial charge in [-0.15, -0.1) is 0 Å². The molecule has 1 saturated heterocycles. The highest BCUT2D eigenvalue weighted by Crippen LogP contribution is 2.21. The molecular formula is C13H19N3O2. The van der Waals surface area contributed by atoms with Crippen LogP contribution < -0.4 is 9.80 Å². The highest BCUT2D eigenvalue weighted by Gasteiger charge is 2.14. The lowest BCUT2D eigenvalue weighted by atomic mass is 10.2. The Morgan fingerprint density at radius 1 is 1.17 bits per heavy atom. The average molecular weight is 249 g/mol. The van der Waals surface area contributed by atoms with Crippen LogP contribution in [0.3, 0.4) is 0 Å². The summed E-state index contributed by atoms with van der Waals surface area (Å²) in [7, 11) is 3.68. The van der Waals surface area contributed by atoms with Gasteiger partial charge in [0.2, 0.25) is 0 Å². The van der Waals surface area contributed by atoms with Gasteiger partial charge < -0.3 is 14.9 Å². The molecule has 1 aromatic rings. The van der Waals surface area contributed by atoms with Gasteiger partial charge in [0.1, 0.15) is 0 Å². The molecule has 0 atom stereocenters. The Bertz CT molecular complexity index is 411. The van der Waals surface area contributed by atoms with Crippen molar-refractivity contribution < 1.29 is 9.90 Å². The fraction of sp³-hybridized carbons (Fsp3) is 0.462. The second kappa shape index (κ2) is 5.27. The van der Waals surface area contributed by atoms with Crippen LogP contribution in [-0.2, 0) is 0 Å².